The van der Waals surface area contributed by atoms with Gasteiger partial charge in [-0.25, -0.2) is 9.59 Å². The number of carboxylic acid groups (broad SMARTS) is 1. The Morgan fingerprint density at radius 1 is 1.19 bits per heavy atom. The molecule has 1 unspecified atom stereocenters. The highest BCUT2D eigenvalue weighted by atomic mass is 16.4. The minimum atomic E-state index is -0.990. The Balaban J connectivity index is 2.51. The third kappa shape index (κ3) is 7.15. The fraction of sp³-hybridized carbons (Fsp3) is 0.375. The van der Waals surface area contributed by atoms with Crippen LogP contribution in [0.4, 0.5) is 10.5 Å². The molecule has 0 spiro atoms. The van der Waals surface area contributed by atoms with E-state index in [4.69, 9.17) is 5.11 Å². The first kappa shape index (κ1) is 16.8. The van der Waals surface area contributed by atoms with Crippen LogP contribution in [-0.4, -0.2) is 23.1 Å². The molecular formula is C16H22N2O3. The smallest absolute Gasteiger partial charge is 0.328 e. The van der Waals surface area contributed by atoms with E-state index in [1.807, 2.05) is 6.92 Å². The third-order valence-corrected chi connectivity index (χ3v) is 2.79. The van der Waals surface area contributed by atoms with Crippen LogP contribution in [-0.2, 0) is 4.79 Å². The summed E-state index contributed by atoms with van der Waals surface area (Å²) in [4.78, 5) is 22.2. The van der Waals surface area contributed by atoms with Gasteiger partial charge in [-0.05, 0) is 43.0 Å². The van der Waals surface area contributed by atoms with E-state index in [1.165, 1.54) is 6.08 Å². The van der Waals surface area contributed by atoms with Crippen LogP contribution in [0.2, 0.25) is 0 Å². The second-order valence-electron chi connectivity index (χ2n) is 5.42. The van der Waals surface area contributed by atoms with Crippen molar-refractivity contribution >= 4 is 23.8 Å². The molecule has 1 aromatic rings. The average Bonchev–Trinajstić information content (AvgIpc) is 2.36. The number of hydrogen-bond donors (Lipinski definition) is 3. The van der Waals surface area contributed by atoms with Gasteiger partial charge in [0, 0.05) is 17.8 Å². The second kappa shape index (κ2) is 8.09. The molecule has 3 N–H and O–H groups in total. The van der Waals surface area contributed by atoms with Gasteiger partial charge in [0.1, 0.15) is 0 Å². The predicted molar refractivity (Wildman–Crippen MR) is 84.2 cm³/mol. The predicted octanol–water partition coefficient (Wildman–Crippen LogP) is 3.34. The lowest BCUT2D eigenvalue weighted by Gasteiger charge is -2.16. The molecule has 5 nitrogen and oxygen atoms in total. The molecule has 0 saturated heterocycles. The average molecular weight is 290 g/mol. The Kier molecular flexibility index (Phi) is 6.46. The van der Waals surface area contributed by atoms with Crippen molar-refractivity contribution in [1.82, 2.24) is 5.32 Å². The number of urea groups is 1. The van der Waals surface area contributed by atoms with Gasteiger partial charge in [0.25, 0.3) is 0 Å². The lowest BCUT2D eigenvalue weighted by Crippen LogP contribution is -2.36. The number of aliphatic carboxylic acids is 1. The number of carbonyl (C=O) groups excluding carboxylic acids is 1. The number of nitrogens with one attached hydrogen (secondary N) is 2. The number of rotatable bonds is 6. The molecule has 0 heterocycles. The van der Waals surface area contributed by atoms with Gasteiger partial charge < -0.3 is 15.7 Å². The zero-order valence-corrected chi connectivity index (χ0v) is 12.6. The topological polar surface area (TPSA) is 78.4 Å². The van der Waals surface area contributed by atoms with Crippen LogP contribution in [0.25, 0.3) is 6.08 Å². The zero-order valence-electron chi connectivity index (χ0n) is 12.6. The van der Waals surface area contributed by atoms with Crippen LogP contribution < -0.4 is 10.6 Å². The van der Waals surface area contributed by atoms with E-state index in [0.717, 1.165) is 18.1 Å². The van der Waals surface area contributed by atoms with Gasteiger partial charge in [-0.2, -0.15) is 0 Å². The van der Waals surface area contributed by atoms with Crippen LogP contribution >= 0.6 is 0 Å². The molecule has 0 aromatic heterocycles. The highest BCUT2D eigenvalue weighted by molar-refractivity contribution is 5.89. The first-order valence-electron chi connectivity index (χ1n) is 6.95. The number of carbonyl (C=O) groups is 2. The first-order valence-corrected chi connectivity index (χ1v) is 6.95. The molecule has 0 aliphatic rings. The molecule has 1 rings (SSSR count). The molecular weight excluding hydrogens is 268 g/mol. The molecule has 114 valence electrons. The SMILES string of the molecule is CC(C)CC(C)NC(=O)Nc1ccc(C=CC(=O)O)cc1. The minimum Gasteiger partial charge on any atom is -0.478 e. The maximum atomic E-state index is 11.8. The van der Waals surface area contributed by atoms with Gasteiger partial charge in [-0.1, -0.05) is 26.0 Å². The summed E-state index contributed by atoms with van der Waals surface area (Å²) in [5.74, 6) is -0.462. The van der Waals surface area contributed by atoms with Crippen molar-refractivity contribution < 1.29 is 14.7 Å². The normalized spacial score (nSPS) is 12.4. The molecule has 0 saturated carbocycles. The third-order valence-electron chi connectivity index (χ3n) is 2.79. The summed E-state index contributed by atoms with van der Waals surface area (Å²) in [7, 11) is 0. The molecule has 5 heteroatoms. The Labute approximate surface area is 125 Å². The summed E-state index contributed by atoms with van der Waals surface area (Å²) in [5.41, 5.74) is 1.42. The van der Waals surface area contributed by atoms with E-state index in [0.29, 0.717) is 11.6 Å². The number of benzene rings is 1. The van der Waals surface area contributed by atoms with Gasteiger partial charge in [-0.3, -0.25) is 0 Å². The van der Waals surface area contributed by atoms with Crippen molar-refractivity contribution in [3.05, 3.63) is 35.9 Å². The Morgan fingerprint density at radius 3 is 2.33 bits per heavy atom. The Bertz CT molecular complexity index is 507. The maximum absolute atomic E-state index is 11.8. The van der Waals surface area contributed by atoms with Crippen molar-refractivity contribution in [1.29, 1.82) is 0 Å². The molecule has 1 atom stereocenters. The minimum absolute atomic E-state index is 0.114. The highest BCUT2D eigenvalue weighted by Crippen LogP contribution is 2.11. The molecule has 0 aliphatic heterocycles. The van der Waals surface area contributed by atoms with E-state index in [9.17, 15) is 9.59 Å². The number of amides is 2. The fourth-order valence-electron chi connectivity index (χ4n) is 2.00. The number of hydrogen-bond acceptors (Lipinski definition) is 2. The second-order valence-corrected chi connectivity index (χ2v) is 5.42. The highest BCUT2D eigenvalue weighted by Gasteiger charge is 2.08. The number of carboxylic acids is 1. The molecule has 0 aliphatic carbocycles. The van der Waals surface area contributed by atoms with Crippen LogP contribution in [0.3, 0.4) is 0 Å². The molecule has 2 amide bonds. The fourth-order valence-corrected chi connectivity index (χ4v) is 2.00. The van der Waals surface area contributed by atoms with Gasteiger partial charge in [0.2, 0.25) is 0 Å². The summed E-state index contributed by atoms with van der Waals surface area (Å²) < 4.78 is 0. The van der Waals surface area contributed by atoms with Crippen molar-refractivity contribution in [2.24, 2.45) is 5.92 Å². The van der Waals surface area contributed by atoms with Gasteiger partial charge in [0.05, 0.1) is 0 Å². The van der Waals surface area contributed by atoms with Crippen LogP contribution in [0.5, 0.6) is 0 Å². The van der Waals surface area contributed by atoms with Crippen molar-refractivity contribution in [2.75, 3.05) is 5.32 Å². The Morgan fingerprint density at radius 2 is 1.81 bits per heavy atom. The molecule has 0 bridgehead atoms. The maximum Gasteiger partial charge on any atom is 0.328 e. The van der Waals surface area contributed by atoms with Crippen molar-refractivity contribution in [3.63, 3.8) is 0 Å². The monoisotopic (exact) mass is 290 g/mol. The lowest BCUT2D eigenvalue weighted by molar-refractivity contribution is -0.131. The van der Waals surface area contributed by atoms with Gasteiger partial charge in [-0.15, -0.1) is 0 Å². The largest absolute Gasteiger partial charge is 0.478 e. The van der Waals surface area contributed by atoms with E-state index in [-0.39, 0.29) is 12.1 Å². The lowest BCUT2D eigenvalue weighted by atomic mass is 10.1. The standard InChI is InChI=1S/C16H22N2O3/c1-11(2)10-12(3)17-16(21)18-14-7-4-13(5-8-14)6-9-15(19)20/h4-9,11-12H,10H2,1-3H3,(H,19,20)(H2,17,18,21). The summed E-state index contributed by atoms with van der Waals surface area (Å²) in [6.07, 6.45) is 3.49. The van der Waals surface area contributed by atoms with Crippen molar-refractivity contribution in [3.8, 4) is 0 Å². The summed E-state index contributed by atoms with van der Waals surface area (Å²) in [6.45, 7) is 6.19. The Hall–Kier alpha value is -2.30. The van der Waals surface area contributed by atoms with Gasteiger partial charge in [0.15, 0.2) is 0 Å². The van der Waals surface area contributed by atoms with Gasteiger partial charge >= 0.3 is 12.0 Å². The molecule has 0 fully saturated rings. The van der Waals surface area contributed by atoms with E-state index < -0.39 is 5.97 Å². The zero-order chi connectivity index (χ0) is 15.8. The van der Waals surface area contributed by atoms with Crippen molar-refractivity contribution in [2.45, 2.75) is 33.2 Å². The van der Waals surface area contributed by atoms with E-state index in [2.05, 4.69) is 24.5 Å². The summed E-state index contributed by atoms with van der Waals surface area (Å²) in [5, 5.41) is 14.2. The quantitative estimate of drug-likeness (QED) is 0.703. The van der Waals surface area contributed by atoms with Crippen LogP contribution in [0, 0.1) is 5.92 Å². The van der Waals surface area contributed by atoms with E-state index in [1.54, 1.807) is 24.3 Å². The van der Waals surface area contributed by atoms with Crippen LogP contribution in [0.15, 0.2) is 30.3 Å². The first-order chi connectivity index (χ1) is 9.86. The molecule has 0 radical (unpaired) electrons. The van der Waals surface area contributed by atoms with Crippen LogP contribution in [0.1, 0.15) is 32.8 Å². The summed E-state index contributed by atoms with van der Waals surface area (Å²) >= 11 is 0. The summed E-state index contributed by atoms with van der Waals surface area (Å²) in [6, 6.07) is 6.82. The molecule has 1 aromatic carbocycles. The van der Waals surface area contributed by atoms with E-state index >= 15 is 0 Å². The molecule has 21 heavy (non-hydrogen) atoms. The number of anilines is 1.